The van der Waals surface area contributed by atoms with Crippen molar-refractivity contribution in [1.29, 1.82) is 0 Å². The van der Waals surface area contributed by atoms with Crippen molar-refractivity contribution >= 4 is 5.69 Å². The predicted octanol–water partition coefficient (Wildman–Crippen LogP) is 2.28. The fraction of sp³-hybridized carbons (Fsp3) is 0.455. The van der Waals surface area contributed by atoms with Gasteiger partial charge in [-0.3, -0.25) is 5.84 Å². The van der Waals surface area contributed by atoms with Crippen LogP contribution in [-0.4, -0.2) is 6.54 Å². The SMILES string of the molecule is NNc1cccc(C2CCCCN2)c1.[HH].[HH]. The highest BCUT2D eigenvalue weighted by Crippen LogP contribution is 2.24. The number of nitrogens with two attached hydrogens (primary N) is 1. The Balaban J connectivity index is 0.00000112. The Morgan fingerprint density at radius 3 is 3.07 bits per heavy atom. The molecule has 3 heteroatoms. The van der Waals surface area contributed by atoms with Crippen molar-refractivity contribution in [3.63, 3.8) is 0 Å². The van der Waals surface area contributed by atoms with Gasteiger partial charge >= 0.3 is 0 Å². The van der Waals surface area contributed by atoms with E-state index >= 15 is 0 Å². The molecule has 1 aliphatic heterocycles. The van der Waals surface area contributed by atoms with E-state index in [9.17, 15) is 0 Å². The third-order valence-corrected chi connectivity index (χ3v) is 2.77. The van der Waals surface area contributed by atoms with Crippen LogP contribution in [0.3, 0.4) is 0 Å². The van der Waals surface area contributed by atoms with Gasteiger partial charge in [-0.1, -0.05) is 18.6 Å². The topological polar surface area (TPSA) is 50.1 Å². The van der Waals surface area contributed by atoms with E-state index in [2.05, 4.69) is 22.9 Å². The molecule has 3 nitrogen and oxygen atoms in total. The van der Waals surface area contributed by atoms with Crippen LogP contribution in [0.15, 0.2) is 24.3 Å². The molecule has 1 fully saturated rings. The maximum atomic E-state index is 5.38. The van der Waals surface area contributed by atoms with Crippen molar-refractivity contribution in [2.24, 2.45) is 5.84 Å². The molecule has 1 saturated heterocycles. The highest BCUT2D eigenvalue weighted by atomic mass is 15.2. The molecule has 0 aliphatic carbocycles. The molecule has 1 aliphatic rings. The first kappa shape index (κ1) is 9.49. The van der Waals surface area contributed by atoms with Gasteiger partial charge in [0.25, 0.3) is 0 Å². The molecule has 1 heterocycles. The van der Waals surface area contributed by atoms with Crippen LogP contribution in [0.4, 0.5) is 5.69 Å². The molecule has 1 aromatic carbocycles. The molecule has 2 rings (SSSR count). The van der Waals surface area contributed by atoms with Crippen molar-refractivity contribution in [3.05, 3.63) is 29.8 Å². The second-order valence-corrected chi connectivity index (χ2v) is 3.77. The summed E-state index contributed by atoms with van der Waals surface area (Å²) in [6.07, 6.45) is 3.84. The fourth-order valence-electron chi connectivity index (χ4n) is 1.98. The average molecular weight is 195 g/mol. The van der Waals surface area contributed by atoms with E-state index in [0.29, 0.717) is 6.04 Å². The summed E-state index contributed by atoms with van der Waals surface area (Å²) < 4.78 is 0. The van der Waals surface area contributed by atoms with Crippen LogP contribution in [0, 0.1) is 0 Å². The zero-order valence-corrected chi connectivity index (χ0v) is 8.29. The summed E-state index contributed by atoms with van der Waals surface area (Å²) in [6, 6.07) is 8.80. The molecule has 1 atom stereocenters. The molecule has 80 valence electrons. The van der Waals surface area contributed by atoms with Crippen molar-refractivity contribution < 1.29 is 2.85 Å². The third-order valence-electron chi connectivity index (χ3n) is 2.77. The Labute approximate surface area is 87.6 Å². The fourth-order valence-corrected chi connectivity index (χ4v) is 1.98. The smallest absolute Gasteiger partial charge is 0.0488 e. The normalized spacial score (nSPS) is 21.9. The summed E-state index contributed by atoms with van der Waals surface area (Å²) in [5.41, 5.74) is 4.99. The maximum Gasteiger partial charge on any atom is 0.0488 e. The lowest BCUT2D eigenvalue weighted by Gasteiger charge is -2.24. The van der Waals surface area contributed by atoms with Gasteiger partial charge in [-0.25, -0.2) is 0 Å². The monoisotopic (exact) mass is 195 g/mol. The van der Waals surface area contributed by atoms with Gasteiger partial charge in [-0.2, -0.15) is 0 Å². The van der Waals surface area contributed by atoms with Crippen LogP contribution in [0.1, 0.15) is 33.7 Å². The molecule has 0 spiro atoms. The van der Waals surface area contributed by atoms with E-state index in [0.717, 1.165) is 12.2 Å². The van der Waals surface area contributed by atoms with Crippen LogP contribution in [0.5, 0.6) is 0 Å². The Hall–Kier alpha value is -1.06. The number of anilines is 1. The maximum absolute atomic E-state index is 5.38. The lowest BCUT2D eigenvalue weighted by Crippen LogP contribution is -2.26. The van der Waals surface area contributed by atoms with Crippen LogP contribution >= 0.6 is 0 Å². The van der Waals surface area contributed by atoms with Crippen molar-refractivity contribution in [3.8, 4) is 0 Å². The molecule has 0 aromatic heterocycles. The van der Waals surface area contributed by atoms with Gasteiger partial charge in [0.05, 0.1) is 0 Å². The lowest BCUT2D eigenvalue weighted by molar-refractivity contribution is 0.412. The van der Waals surface area contributed by atoms with Gasteiger partial charge < -0.3 is 10.7 Å². The number of benzene rings is 1. The zero-order chi connectivity index (χ0) is 9.80. The summed E-state index contributed by atoms with van der Waals surface area (Å²) in [4.78, 5) is 0. The summed E-state index contributed by atoms with van der Waals surface area (Å²) in [6.45, 7) is 1.13. The standard InChI is InChI=1S/C11H17N3.2H2/c12-14-10-5-3-4-9(8-10)11-6-1-2-7-13-11;;/h3-5,8,11,13-14H,1-2,6-7,12H2;2*1H. The van der Waals surface area contributed by atoms with Gasteiger partial charge in [0.1, 0.15) is 0 Å². The Bertz CT molecular complexity index is 301. The molecule has 0 saturated carbocycles. The van der Waals surface area contributed by atoms with Gasteiger partial charge in [0.15, 0.2) is 0 Å². The van der Waals surface area contributed by atoms with Gasteiger partial charge in [-0.05, 0) is 37.1 Å². The van der Waals surface area contributed by atoms with Crippen molar-refractivity contribution in [2.75, 3.05) is 12.0 Å². The second-order valence-electron chi connectivity index (χ2n) is 3.77. The Morgan fingerprint density at radius 1 is 1.43 bits per heavy atom. The van der Waals surface area contributed by atoms with E-state index in [1.54, 1.807) is 0 Å². The number of nitrogen functional groups attached to an aromatic ring is 1. The van der Waals surface area contributed by atoms with E-state index < -0.39 is 0 Å². The summed E-state index contributed by atoms with van der Waals surface area (Å²) in [7, 11) is 0. The van der Waals surface area contributed by atoms with E-state index in [-0.39, 0.29) is 2.85 Å². The van der Waals surface area contributed by atoms with E-state index in [1.165, 1.54) is 24.8 Å². The average Bonchev–Trinajstić information content (AvgIpc) is 2.30. The minimum atomic E-state index is 0. The molecule has 14 heavy (non-hydrogen) atoms. The zero-order valence-electron chi connectivity index (χ0n) is 8.29. The Kier molecular flexibility index (Phi) is 3.01. The number of piperidine rings is 1. The summed E-state index contributed by atoms with van der Waals surface area (Å²) in [5, 5.41) is 3.52. The van der Waals surface area contributed by atoms with Gasteiger partial charge in [0.2, 0.25) is 0 Å². The van der Waals surface area contributed by atoms with Crippen LogP contribution in [0.25, 0.3) is 0 Å². The van der Waals surface area contributed by atoms with Crippen LogP contribution < -0.4 is 16.6 Å². The molecule has 1 unspecified atom stereocenters. The number of nitrogens with one attached hydrogen (secondary N) is 2. The molecule has 4 N–H and O–H groups in total. The molecular weight excluding hydrogens is 174 g/mol. The lowest BCUT2D eigenvalue weighted by atomic mass is 9.97. The van der Waals surface area contributed by atoms with Crippen LogP contribution in [0.2, 0.25) is 0 Å². The molecule has 1 aromatic rings. The third kappa shape index (κ3) is 2.05. The first-order valence-corrected chi connectivity index (χ1v) is 5.20. The van der Waals surface area contributed by atoms with Crippen LogP contribution in [-0.2, 0) is 0 Å². The number of hydrogen-bond donors (Lipinski definition) is 3. The summed E-state index contributed by atoms with van der Waals surface area (Å²) >= 11 is 0. The number of hydrazine groups is 1. The highest BCUT2D eigenvalue weighted by Gasteiger charge is 2.14. The molecule has 0 amide bonds. The number of rotatable bonds is 2. The number of hydrogen-bond acceptors (Lipinski definition) is 3. The van der Waals surface area contributed by atoms with Crippen molar-refractivity contribution in [1.82, 2.24) is 5.32 Å². The quantitative estimate of drug-likeness (QED) is 0.501. The van der Waals surface area contributed by atoms with E-state index in [1.807, 2.05) is 12.1 Å². The first-order valence-electron chi connectivity index (χ1n) is 5.20. The molecular formula is C11H21N3. The highest BCUT2D eigenvalue weighted by molar-refractivity contribution is 5.45. The minimum Gasteiger partial charge on any atom is -0.324 e. The molecule has 0 radical (unpaired) electrons. The minimum absolute atomic E-state index is 0. The predicted molar refractivity (Wildman–Crippen MR) is 63.1 cm³/mol. The van der Waals surface area contributed by atoms with E-state index in [4.69, 9.17) is 5.84 Å². The largest absolute Gasteiger partial charge is 0.324 e. The van der Waals surface area contributed by atoms with Gasteiger partial charge in [0, 0.05) is 14.6 Å². The van der Waals surface area contributed by atoms with Gasteiger partial charge in [-0.15, -0.1) is 0 Å². The second kappa shape index (κ2) is 4.44. The Morgan fingerprint density at radius 2 is 2.36 bits per heavy atom. The summed E-state index contributed by atoms with van der Waals surface area (Å²) in [5.74, 6) is 5.38. The first-order chi connectivity index (χ1) is 6.90. The molecule has 0 bridgehead atoms. The van der Waals surface area contributed by atoms with Crippen molar-refractivity contribution in [2.45, 2.75) is 25.3 Å².